The van der Waals surface area contributed by atoms with Crippen LogP contribution in [0.4, 0.5) is 0 Å². The Labute approximate surface area is 142 Å². The van der Waals surface area contributed by atoms with Gasteiger partial charge >= 0.3 is 7.82 Å². The molecule has 4 N–H and O–H groups in total. The van der Waals surface area contributed by atoms with E-state index in [1.54, 1.807) is 0 Å². The lowest BCUT2D eigenvalue weighted by molar-refractivity contribution is -0.119. The van der Waals surface area contributed by atoms with E-state index < -0.39 is 44.3 Å². The second-order valence-electron chi connectivity index (χ2n) is 5.37. The summed E-state index contributed by atoms with van der Waals surface area (Å²) >= 11 is 3.18. The second-order valence-corrected chi connectivity index (χ2v) is 7.48. The van der Waals surface area contributed by atoms with E-state index in [2.05, 4.69) is 35.8 Å². The van der Waals surface area contributed by atoms with Crippen LogP contribution in [0.5, 0.6) is 0 Å². The minimum absolute atomic E-state index is 0.103. The number of halogens is 1. The molecule has 2 unspecified atom stereocenters. The zero-order valence-corrected chi connectivity index (χ0v) is 14.2. The van der Waals surface area contributed by atoms with Crippen molar-refractivity contribution in [2.75, 3.05) is 6.61 Å². The second kappa shape index (κ2) is 5.39. The normalized spacial score (nSPS) is 44.6. The van der Waals surface area contributed by atoms with Gasteiger partial charge in [0, 0.05) is 0 Å². The number of guanidine groups is 1. The summed E-state index contributed by atoms with van der Waals surface area (Å²) in [6.45, 7) is -0.235. The number of phosphoric acid groups is 1. The molecule has 14 heteroatoms. The van der Waals surface area contributed by atoms with Gasteiger partial charge in [0.05, 0.1) is 6.61 Å². The lowest BCUT2D eigenvalue weighted by Gasteiger charge is -2.29. The Morgan fingerprint density at radius 3 is 3.00 bits per heavy atom. The summed E-state index contributed by atoms with van der Waals surface area (Å²) in [6, 6.07) is -0.979. The van der Waals surface area contributed by atoms with Crippen molar-refractivity contribution in [2.45, 2.75) is 30.6 Å². The number of nitrogens with zero attached hydrogens (tertiary/aromatic N) is 3. The maximum absolute atomic E-state index is 11.9. The number of aliphatic hydroxyl groups is 1. The zero-order chi connectivity index (χ0) is 17.2. The zero-order valence-electron chi connectivity index (χ0n) is 11.7. The van der Waals surface area contributed by atoms with E-state index in [-0.39, 0.29) is 23.1 Å². The van der Waals surface area contributed by atoms with Gasteiger partial charge < -0.3 is 14.7 Å². The quantitative estimate of drug-likeness (QED) is 0.291. The molecule has 24 heavy (non-hydrogen) atoms. The van der Waals surface area contributed by atoms with Crippen LogP contribution >= 0.6 is 23.8 Å². The van der Waals surface area contributed by atoms with E-state index in [4.69, 9.17) is 14.7 Å². The first kappa shape index (κ1) is 16.3. The van der Waals surface area contributed by atoms with Crippen LogP contribution in [-0.4, -0.2) is 74.5 Å². The maximum atomic E-state index is 11.9. The van der Waals surface area contributed by atoms with Crippen molar-refractivity contribution in [2.24, 2.45) is 9.98 Å². The molecule has 4 aliphatic heterocycles. The number of aliphatic imine (C=N–C) groups is 2. The number of amides is 1. The summed E-state index contributed by atoms with van der Waals surface area (Å²) < 4.78 is 26.9. The molecule has 0 bridgehead atoms. The highest BCUT2D eigenvalue weighted by molar-refractivity contribution is 9.18. The molecular weight excluding hydrogens is 413 g/mol. The monoisotopic (exact) mass is 423 g/mol. The number of amidine groups is 2. The fourth-order valence-electron chi connectivity index (χ4n) is 2.86. The lowest BCUT2D eigenvalue weighted by atomic mass is 10.1. The molecule has 0 aromatic carbocycles. The van der Waals surface area contributed by atoms with Crippen molar-refractivity contribution in [1.29, 1.82) is 5.41 Å². The molecular formula is C10H11BrN5O7P. The minimum Gasteiger partial charge on any atom is -0.386 e. The highest BCUT2D eigenvalue weighted by Gasteiger charge is 2.56. The highest BCUT2D eigenvalue weighted by atomic mass is 79.9. The Bertz CT molecular complexity index is 743. The summed E-state index contributed by atoms with van der Waals surface area (Å²) in [5.74, 6) is -0.793. The molecule has 0 spiro atoms. The number of ether oxygens (including phenoxy) is 1. The number of hydrogen-bond donors (Lipinski definition) is 4. The van der Waals surface area contributed by atoms with Gasteiger partial charge in [0.15, 0.2) is 22.9 Å². The van der Waals surface area contributed by atoms with Crippen molar-refractivity contribution in [1.82, 2.24) is 10.2 Å². The number of nitrogens with one attached hydrogen (secondary N) is 2. The van der Waals surface area contributed by atoms with E-state index >= 15 is 0 Å². The van der Waals surface area contributed by atoms with E-state index in [1.807, 2.05) is 0 Å². The molecule has 130 valence electrons. The SMILES string of the molecule is N=C1N=C2C(N=C(Br)N2[C@@H]2O[C@@H]3COP(=O)(O)O[C@H]3[C@H]2O)C(=O)N1. The van der Waals surface area contributed by atoms with Crippen LogP contribution in [-0.2, 0) is 23.1 Å². The molecule has 2 fully saturated rings. The van der Waals surface area contributed by atoms with Crippen LogP contribution in [0.1, 0.15) is 0 Å². The van der Waals surface area contributed by atoms with Gasteiger partial charge in [-0.25, -0.2) is 9.56 Å². The Hall–Kier alpha value is -1.21. The third kappa shape index (κ3) is 2.44. The molecule has 4 heterocycles. The van der Waals surface area contributed by atoms with Crippen LogP contribution < -0.4 is 5.32 Å². The van der Waals surface area contributed by atoms with Crippen LogP contribution in [0.15, 0.2) is 9.98 Å². The van der Waals surface area contributed by atoms with Crippen LogP contribution in [0.3, 0.4) is 0 Å². The van der Waals surface area contributed by atoms with Gasteiger partial charge in [0.25, 0.3) is 5.91 Å². The predicted molar refractivity (Wildman–Crippen MR) is 80.6 cm³/mol. The summed E-state index contributed by atoms with van der Waals surface area (Å²) in [5, 5.41) is 20.2. The molecule has 4 aliphatic rings. The maximum Gasteiger partial charge on any atom is 0.472 e. The minimum atomic E-state index is -4.24. The first-order chi connectivity index (χ1) is 11.3. The number of fused-ring (bicyclic) bond motifs is 2. The van der Waals surface area contributed by atoms with E-state index in [0.717, 1.165) is 0 Å². The largest absolute Gasteiger partial charge is 0.472 e. The molecule has 0 radical (unpaired) electrons. The smallest absolute Gasteiger partial charge is 0.386 e. The number of rotatable bonds is 1. The van der Waals surface area contributed by atoms with Crippen molar-refractivity contribution < 1.29 is 33.1 Å². The molecule has 0 saturated carbocycles. The van der Waals surface area contributed by atoms with Gasteiger partial charge in [0.2, 0.25) is 5.96 Å². The first-order valence-corrected chi connectivity index (χ1v) is 9.05. The molecule has 1 amide bonds. The van der Waals surface area contributed by atoms with Gasteiger partial charge in [-0.05, 0) is 15.9 Å². The third-order valence-electron chi connectivity index (χ3n) is 3.86. The summed E-state index contributed by atoms with van der Waals surface area (Å²) in [5.41, 5.74) is 0. The van der Waals surface area contributed by atoms with Crippen molar-refractivity contribution in [3.05, 3.63) is 0 Å². The number of phosphoric ester groups is 1. The molecule has 0 aromatic rings. The number of hydrogen-bond acceptors (Lipinski definition) is 9. The van der Waals surface area contributed by atoms with E-state index in [9.17, 15) is 19.4 Å². The fourth-order valence-corrected chi connectivity index (χ4v) is 4.41. The Balaban J connectivity index is 1.65. The topological polar surface area (TPSA) is 166 Å². The number of carbonyl (C=O) groups excluding carboxylic acids is 1. The average Bonchev–Trinajstić information content (AvgIpc) is 2.96. The predicted octanol–water partition coefficient (Wildman–Crippen LogP) is -1.51. The molecule has 4 rings (SSSR count). The number of carbonyl (C=O) groups is 1. The van der Waals surface area contributed by atoms with Gasteiger partial charge in [-0.2, -0.15) is 4.99 Å². The van der Waals surface area contributed by atoms with Crippen LogP contribution in [0, 0.1) is 5.41 Å². The van der Waals surface area contributed by atoms with Crippen LogP contribution in [0.2, 0.25) is 0 Å². The molecule has 2 saturated heterocycles. The van der Waals surface area contributed by atoms with E-state index in [1.165, 1.54) is 4.90 Å². The van der Waals surface area contributed by atoms with Gasteiger partial charge in [0.1, 0.15) is 18.3 Å². The highest BCUT2D eigenvalue weighted by Crippen LogP contribution is 2.51. The average molecular weight is 424 g/mol. The molecule has 6 atom stereocenters. The van der Waals surface area contributed by atoms with Crippen molar-refractivity contribution >= 4 is 46.2 Å². The Morgan fingerprint density at radius 2 is 2.25 bits per heavy atom. The molecule has 0 aliphatic carbocycles. The summed E-state index contributed by atoms with van der Waals surface area (Å²) in [7, 11) is -4.24. The van der Waals surface area contributed by atoms with Gasteiger partial charge in [-0.1, -0.05) is 0 Å². The first-order valence-electron chi connectivity index (χ1n) is 6.76. The Morgan fingerprint density at radius 1 is 1.50 bits per heavy atom. The third-order valence-corrected chi connectivity index (χ3v) is 5.43. The fraction of sp³-hybridized carbons (Fsp3) is 0.600. The number of aliphatic hydroxyl groups excluding tert-OH is 1. The summed E-state index contributed by atoms with van der Waals surface area (Å²) in [4.78, 5) is 30.6. The lowest BCUT2D eigenvalue weighted by Crippen LogP contribution is -2.54. The van der Waals surface area contributed by atoms with Crippen LogP contribution in [0.25, 0.3) is 0 Å². The summed E-state index contributed by atoms with van der Waals surface area (Å²) in [6.07, 6.45) is -4.28. The van der Waals surface area contributed by atoms with Gasteiger partial charge in [-0.3, -0.25) is 29.5 Å². The molecule has 12 nitrogen and oxygen atoms in total. The van der Waals surface area contributed by atoms with Crippen molar-refractivity contribution in [3.8, 4) is 0 Å². The molecule has 0 aromatic heterocycles. The van der Waals surface area contributed by atoms with Crippen molar-refractivity contribution in [3.63, 3.8) is 0 Å². The standard InChI is InChI=1S/C10H11BrN5O7P/c11-9-13-3-6(14-10(12)15-7(3)18)16(9)8-4(17)5-2(22-8)1-21-24(19,20)23-5/h2-5,8,17H,1H2,(H,19,20)(H2,12,15,18)/t2-,3?,4-,5-,8-/m1/s1. The van der Waals surface area contributed by atoms with E-state index in [0.29, 0.717) is 0 Å². The van der Waals surface area contributed by atoms with Gasteiger partial charge in [-0.15, -0.1) is 0 Å². The Kier molecular flexibility index (Phi) is 3.66.